The van der Waals surface area contributed by atoms with Gasteiger partial charge in [-0.15, -0.1) is 0 Å². The monoisotopic (exact) mass is 269 g/mol. The number of hydrogen-bond acceptors (Lipinski definition) is 3. The fourth-order valence-electron chi connectivity index (χ4n) is 2.22. The van der Waals surface area contributed by atoms with E-state index in [1.807, 2.05) is 26.0 Å². The van der Waals surface area contributed by atoms with Gasteiger partial charge in [0.15, 0.2) is 0 Å². The van der Waals surface area contributed by atoms with Crippen molar-refractivity contribution in [2.45, 2.75) is 13.8 Å². The van der Waals surface area contributed by atoms with Crippen LogP contribution >= 0.6 is 0 Å². The van der Waals surface area contributed by atoms with E-state index in [-0.39, 0.29) is 5.91 Å². The molecule has 0 aliphatic rings. The van der Waals surface area contributed by atoms with Gasteiger partial charge >= 0.3 is 0 Å². The van der Waals surface area contributed by atoms with Gasteiger partial charge in [0.05, 0.1) is 5.56 Å². The number of hydrogen-bond donors (Lipinski definition) is 1. The summed E-state index contributed by atoms with van der Waals surface area (Å²) in [5.74, 6) is 0.515. The van der Waals surface area contributed by atoms with Gasteiger partial charge in [-0.3, -0.25) is 4.79 Å². The van der Waals surface area contributed by atoms with Gasteiger partial charge in [0.2, 0.25) is 0 Å². The summed E-state index contributed by atoms with van der Waals surface area (Å²) >= 11 is 0. The van der Waals surface area contributed by atoms with Crippen LogP contribution in [0.15, 0.2) is 36.5 Å². The first-order chi connectivity index (χ1) is 9.52. The SMILES string of the molecule is CNc1ncccc1C(=O)N(C)c1cc(C)cc(C)c1. The topological polar surface area (TPSA) is 45.2 Å². The number of rotatable bonds is 3. The van der Waals surface area contributed by atoms with E-state index in [0.717, 1.165) is 16.8 Å². The second-order valence-corrected chi connectivity index (χ2v) is 4.86. The van der Waals surface area contributed by atoms with Crippen molar-refractivity contribution < 1.29 is 4.79 Å². The van der Waals surface area contributed by atoms with Crippen molar-refractivity contribution in [2.24, 2.45) is 0 Å². The summed E-state index contributed by atoms with van der Waals surface area (Å²) in [6.45, 7) is 4.05. The Kier molecular flexibility index (Phi) is 4.03. The maximum absolute atomic E-state index is 12.6. The fourth-order valence-corrected chi connectivity index (χ4v) is 2.22. The van der Waals surface area contributed by atoms with Crippen molar-refractivity contribution in [3.8, 4) is 0 Å². The van der Waals surface area contributed by atoms with Crippen molar-refractivity contribution >= 4 is 17.4 Å². The Labute approximate surface area is 119 Å². The summed E-state index contributed by atoms with van der Waals surface area (Å²) in [7, 11) is 3.54. The minimum absolute atomic E-state index is 0.0764. The minimum Gasteiger partial charge on any atom is -0.372 e. The summed E-state index contributed by atoms with van der Waals surface area (Å²) in [4.78, 5) is 18.4. The third kappa shape index (κ3) is 2.79. The Hall–Kier alpha value is -2.36. The molecular weight excluding hydrogens is 250 g/mol. The summed E-state index contributed by atoms with van der Waals surface area (Å²) < 4.78 is 0. The lowest BCUT2D eigenvalue weighted by Crippen LogP contribution is -2.27. The molecule has 4 heteroatoms. The van der Waals surface area contributed by atoms with Gasteiger partial charge in [0.25, 0.3) is 5.91 Å². The number of carbonyl (C=O) groups is 1. The van der Waals surface area contributed by atoms with Crippen LogP contribution in [0.2, 0.25) is 0 Å². The first-order valence-electron chi connectivity index (χ1n) is 6.52. The molecule has 0 aliphatic carbocycles. The van der Waals surface area contributed by atoms with Crippen LogP contribution in [0, 0.1) is 13.8 Å². The molecule has 1 N–H and O–H groups in total. The Morgan fingerprint density at radius 2 is 1.85 bits per heavy atom. The van der Waals surface area contributed by atoms with Crippen LogP contribution in [0.25, 0.3) is 0 Å². The molecule has 4 nitrogen and oxygen atoms in total. The highest BCUT2D eigenvalue weighted by Crippen LogP contribution is 2.21. The quantitative estimate of drug-likeness (QED) is 0.931. The second kappa shape index (κ2) is 5.74. The molecule has 2 aromatic rings. The lowest BCUT2D eigenvalue weighted by atomic mass is 10.1. The van der Waals surface area contributed by atoms with Gasteiger partial charge in [0, 0.05) is 26.0 Å². The highest BCUT2D eigenvalue weighted by molar-refractivity contribution is 6.08. The third-order valence-corrected chi connectivity index (χ3v) is 3.17. The number of pyridine rings is 1. The molecule has 1 aromatic carbocycles. The van der Waals surface area contributed by atoms with Crippen LogP contribution in [-0.4, -0.2) is 25.0 Å². The fraction of sp³-hybridized carbons (Fsp3) is 0.250. The van der Waals surface area contributed by atoms with E-state index < -0.39 is 0 Å². The zero-order chi connectivity index (χ0) is 14.7. The van der Waals surface area contributed by atoms with Gasteiger partial charge in [-0.25, -0.2) is 4.98 Å². The number of carbonyl (C=O) groups excluding carboxylic acids is 1. The third-order valence-electron chi connectivity index (χ3n) is 3.17. The zero-order valence-corrected chi connectivity index (χ0v) is 12.3. The predicted molar refractivity (Wildman–Crippen MR) is 82.4 cm³/mol. The normalized spacial score (nSPS) is 10.2. The van der Waals surface area contributed by atoms with E-state index >= 15 is 0 Å². The molecule has 0 fully saturated rings. The van der Waals surface area contributed by atoms with E-state index in [2.05, 4.69) is 16.4 Å². The highest BCUT2D eigenvalue weighted by atomic mass is 16.2. The molecule has 0 radical (unpaired) electrons. The Morgan fingerprint density at radius 3 is 2.45 bits per heavy atom. The lowest BCUT2D eigenvalue weighted by Gasteiger charge is -2.19. The number of amides is 1. The Morgan fingerprint density at radius 1 is 1.20 bits per heavy atom. The number of benzene rings is 1. The summed E-state index contributed by atoms with van der Waals surface area (Å²) in [6, 6.07) is 9.63. The zero-order valence-electron chi connectivity index (χ0n) is 12.3. The van der Waals surface area contributed by atoms with Crippen LogP contribution in [-0.2, 0) is 0 Å². The van der Waals surface area contributed by atoms with Crippen molar-refractivity contribution in [1.29, 1.82) is 0 Å². The molecule has 104 valence electrons. The minimum atomic E-state index is -0.0764. The van der Waals surface area contributed by atoms with Gasteiger partial charge in [-0.2, -0.15) is 0 Å². The average molecular weight is 269 g/mol. The molecule has 20 heavy (non-hydrogen) atoms. The maximum Gasteiger partial charge on any atom is 0.261 e. The maximum atomic E-state index is 12.6. The van der Waals surface area contributed by atoms with Gasteiger partial charge in [-0.1, -0.05) is 6.07 Å². The van der Waals surface area contributed by atoms with Crippen molar-refractivity contribution in [2.75, 3.05) is 24.3 Å². The van der Waals surface area contributed by atoms with Crippen LogP contribution in [0.1, 0.15) is 21.5 Å². The molecule has 2 rings (SSSR count). The number of aromatic nitrogens is 1. The van der Waals surface area contributed by atoms with E-state index in [1.165, 1.54) is 0 Å². The van der Waals surface area contributed by atoms with Crippen LogP contribution in [0.4, 0.5) is 11.5 Å². The molecule has 0 saturated heterocycles. The van der Waals surface area contributed by atoms with E-state index in [0.29, 0.717) is 11.4 Å². The predicted octanol–water partition coefficient (Wildman–Crippen LogP) is 3.02. The molecule has 1 aromatic heterocycles. The smallest absolute Gasteiger partial charge is 0.261 e. The van der Waals surface area contributed by atoms with Crippen molar-refractivity contribution in [3.05, 3.63) is 53.2 Å². The van der Waals surface area contributed by atoms with E-state index in [1.54, 1.807) is 37.3 Å². The summed E-state index contributed by atoms with van der Waals surface area (Å²) in [6.07, 6.45) is 1.67. The lowest BCUT2D eigenvalue weighted by molar-refractivity contribution is 0.0993. The second-order valence-electron chi connectivity index (χ2n) is 4.86. The van der Waals surface area contributed by atoms with Crippen LogP contribution < -0.4 is 10.2 Å². The van der Waals surface area contributed by atoms with Gasteiger partial charge in [0.1, 0.15) is 5.82 Å². The van der Waals surface area contributed by atoms with E-state index in [9.17, 15) is 4.79 Å². The Bertz CT molecular complexity index is 617. The molecular formula is C16H19N3O. The van der Waals surface area contributed by atoms with Gasteiger partial charge < -0.3 is 10.2 Å². The first kappa shape index (κ1) is 14.1. The van der Waals surface area contributed by atoms with Gasteiger partial charge in [-0.05, 0) is 49.2 Å². The molecule has 0 atom stereocenters. The average Bonchev–Trinajstić information content (AvgIpc) is 2.44. The standard InChI is InChI=1S/C16H19N3O/c1-11-8-12(2)10-13(9-11)19(4)16(20)14-6-5-7-18-15(14)17-3/h5-10H,1-4H3,(H,17,18). The molecule has 0 aliphatic heterocycles. The summed E-state index contributed by atoms with van der Waals surface area (Å²) in [5, 5.41) is 2.95. The van der Waals surface area contributed by atoms with Crippen LogP contribution in [0.3, 0.4) is 0 Å². The van der Waals surface area contributed by atoms with Crippen molar-refractivity contribution in [3.63, 3.8) is 0 Å². The number of nitrogens with one attached hydrogen (secondary N) is 1. The van der Waals surface area contributed by atoms with Crippen molar-refractivity contribution in [1.82, 2.24) is 4.98 Å². The summed E-state index contributed by atoms with van der Waals surface area (Å²) in [5.41, 5.74) is 3.73. The number of nitrogens with zero attached hydrogens (tertiary/aromatic N) is 2. The van der Waals surface area contributed by atoms with E-state index in [4.69, 9.17) is 0 Å². The highest BCUT2D eigenvalue weighted by Gasteiger charge is 2.17. The molecule has 0 saturated carbocycles. The first-order valence-corrected chi connectivity index (χ1v) is 6.52. The number of anilines is 2. The number of aryl methyl sites for hydroxylation is 2. The van der Waals surface area contributed by atoms with Crippen LogP contribution in [0.5, 0.6) is 0 Å². The Balaban J connectivity index is 2.37. The molecule has 0 bridgehead atoms. The largest absolute Gasteiger partial charge is 0.372 e. The molecule has 0 unspecified atom stereocenters. The molecule has 1 heterocycles. The molecule has 1 amide bonds. The molecule has 0 spiro atoms.